The molecule has 1 aromatic carbocycles. The van der Waals surface area contributed by atoms with E-state index in [-0.39, 0.29) is 0 Å². The molecule has 15 heavy (non-hydrogen) atoms. The van der Waals surface area contributed by atoms with Gasteiger partial charge in [-0.25, -0.2) is 0 Å². The van der Waals surface area contributed by atoms with Gasteiger partial charge in [-0.3, -0.25) is 4.79 Å². The lowest BCUT2D eigenvalue weighted by atomic mass is 10.2. The topological polar surface area (TPSA) is 22.0 Å². The third kappa shape index (κ3) is 1.94. The zero-order valence-electron chi connectivity index (χ0n) is 8.94. The van der Waals surface area contributed by atoms with Crippen LogP contribution in [0.3, 0.4) is 0 Å². The fourth-order valence-electron chi connectivity index (χ4n) is 1.80. The number of hydrogen-bond donors (Lipinski definition) is 0. The highest BCUT2D eigenvalue weighted by Crippen LogP contribution is 2.17. The molecule has 0 saturated heterocycles. The lowest BCUT2D eigenvalue weighted by Gasteiger charge is -2.04. The molecule has 2 aromatic rings. The maximum Gasteiger partial charge on any atom is 0.150 e. The second kappa shape index (κ2) is 4.30. The molecule has 0 radical (unpaired) electrons. The Hall–Kier alpha value is -1.57. The van der Waals surface area contributed by atoms with Crippen LogP contribution >= 0.6 is 0 Å². The zero-order valence-corrected chi connectivity index (χ0v) is 8.94. The Bertz CT molecular complexity index is 470. The highest BCUT2D eigenvalue weighted by atomic mass is 16.1. The zero-order chi connectivity index (χ0) is 10.7. The van der Waals surface area contributed by atoms with E-state index < -0.39 is 0 Å². The summed E-state index contributed by atoms with van der Waals surface area (Å²) in [6.07, 6.45) is 5.35. The third-order valence-corrected chi connectivity index (χ3v) is 2.69. The van der Waals surface area contributed by atoms with E-state index in [4.69, 9.17) is 0 Å². The van der Waals surface area contributed by atoms with Crippen molar-refractivity contribution in [3.05, 3.63) is 36.0 Å². The summed E-state index contributed by atoms with van der Waals surface area (Å²) in [4.78, 5) is 10.7. The Morgan fingerprint density at radius 1 is 1.33 bits per heavy atom. The van der Waals surface area contributed by atoms with Crippen LogP contribution < -0.4 is 0 Å². The van der Waals surface area contributed by atoms with E-state index in [9.17, 15) is 4.79 Å². The number of rotatable bonds is 4. The third-order valence-electron chi connectivity index (χ3n) is 2.69. The number of aromatic nitrogens is 1. The van der Waals surface area contributed by atoms with E-state index in [0.717, 1.165) is 23.9 Å². The van der Waals surface area contributed by atoms with Crippen LogP contribution in [0, 0.1) is 0 Å². The summed E-state index contributed by atoms with van der Waals surface area (Å²) in [6, 6.07) is 7.92. The van der Waals surface area contributed by atoms with Crippen molar-refractivity contribution in [3.63, 3.8) is 0 Å². The molecule has 0 aliphatic heterocycles. The number of carbonyl (C=O) groups is 1. The number of fused-ring (bicyclic) bond motifs is 1. The molecule has 0 saturated carbocycles. The SMILES string of the molecule is CCCCn1ccc2ccc(C=O)cc21. The van der Waals surface area contributed by atoms with E-state index in [2.05, 4.69) is 23.8 Å². The second-order valence-electron chi connectivity index (χ2n) is 3.80. The van der Waals surface area contributed by atoms with Gasteiger partial charge in [0.2, 0.25) is 0 Å². The maximum atomic E-state index is 10.7. The van der Waals surface area contributed by atoms with Crippen LogP contribution in [0.25, 0.3) is 10.9 Å². The first kappa shape index (κ1) is 9.97. The highest BCUT2D eigenvalue weighted by molar-refractivity contribution is 5.87. The molecule has 2 heteroatoms. The van der Waals surface area contributed by atoms with Crippen LogP contribution in [0.2, 0.25) is 0 Å². The lowest BCUT2D eigenvalue weighted by molar-refractivity contribution is 0.112. The monoisotopic (exact) mass is 201 g/mol. The molecular formula is C13H15NO. The van der Waals surface area contributed by atoms with E-state index >= 15 is 0 Å². The molecule has 0 spiro atoms. The molecule has 0 fully saturated rings. The smallest absolute Gasteiger partial charge is 0.150 e. The molecule has 78 valence electrons. The van der Waals surface area contributed by atoms with Crippen molar-refractivity contribution in [1.29, 1.82) is 0 Å². The van der Waals surface area contributed by atoms with Crippen LogP contribution in [0.4, 0.5) is 0 Å². The van der Waals surface area contributed by atoms with Gasteiger partial charge in [0, 0.05) is 23.8 Å². The number of benzene rings is 1. The molecule has 2 nitrogen and oxygen atoms in total. The van der Waals surface area contributed by atoms with Gasteiger partial charge in [0.25, 0.3) is 0 Å². The average molecular weight is 201 g/mol. The Morgan fingerprint density at radius 3 is 2.93 bits per heavy atom. The van der Waals surface area contributed by atoms with Crippen molar-refractivity contribution in [2.24, 2.45) is 0 Å². The van der Waals surface area contributed by atoms with Gasteiger partial charge in [-0.15, -0.1) is 0 Å². The summed E-state index contributed by atoms with van der Waals surface area (Å²) in [5.74, 6) is 0. The van der Waals surface area contributed by atoms with Crippen molar-refractivity contribution in [3.8, 4) is 0 Å². The lowest BCUT2D eigenvalue weighted by Crippen LogP contribution is -1.95. The number of hydrogen-bond acceptors (Lipinski definition) is 1. The van der Waals surface area contributed by atoms with E-state index in [1.165, 1.54) is 18.2 Å². The fourth-order valence-corrected chi connectivity index (χ4v) is 1.80. The molecule has 0 amide bonds. The quantitative estimate of drug-likeness (QED) is 0.696. The summed E-state index contributed by atoms with van der Waals surface area (Å²) < 4.78 is 2.21. The molecular weight excluding hydrogens is 186 g/mol. The number of carbonyl (C=O) groups excluding carboxylic acids is 1. The van der Waals surface area contributed by atoms with Gasteiger partial charge in [0.1, 0.15) is 6.29 Å². The van der Waals surface area contributed by atoms with Crippen LogP contribution in [0.5, 0.6) is 0 Å². The van der Waals surface area contributed by atoms with Crippen molar-refractivity contribution in [2.45, 2.75) is 26.3 Å². The van der Waals surface area contributed by atoms with Crippen molar-refractivity contribution < 1.29 is 4.79 Å². The molecule has 1 aromatic heterocycles. The minimum atomic E-state index is 0.749. The molecule has 0 atom stereocenters. The molecule has 1 heterocycles. The largest absolute Gasteiger partial charge is 0.347 e. The molecule has 0 aliphatic carbocycles. The Morgan fingerprint density at radius 2 is 2.20 bits per heavy atom. The molecule has 0 N–H and O–H groups in total. The minimum absolute atomic E-state index is 0.749. The number of aryl methyl sites for hydroxylation is 1. The number of unbranched alkanes of at least 4 members (excludes halogenated alkanes) is 1. The fraction of sp³-hybridized carbons (Fsp3) is 0.308. The van der Waals surface area contributed by atoms with Crippen LogP contribution in [0.1, 0.15) is 30.1 Å². The van der Waals surface area contributed by atoms with Crippen molar-refractivity contribution >= 4 is 17.2 Å². The summed E-state index contributed by atoms with van der Waals surface area (Å²) in [7, 11) is 0. The number of aldehydes is 1. The van der Waals surface area contributed by atoms with Gasteiger partial charge in [0.15, 0.2) is 0 Å². The maximum absolute atomic E-state index is 10.7. The molecule has 0 aliphatic rings. The minimum Gasteiger partial charge on any atom is -0.347 e. The van der Waals surface area contributed by atoms with Gasteiger partial charge in [0.05, 0.1) is 0 Å². The first-order chi connectivity index (χ1) is 7.35. The molecule has 2 rings (SSSR count). The molecule has 0 unspecified atom stereocenters. The van der Waals surface area contributed by atoms with Crippen LogP contribution in [-0.4, -0.2) is 10.9 Å². The summed E-state index contributed by atoms with van der Waals surface area (Å²) in [5.41, 5.74) is 1.91. The normalized spacial score (nSPS) is 10.7. The first-order valence-corrected chi connectivity index (χ1v) is 5.39. The summed E-state index contributed by atoms with van der Waals surface area (Å²) in [6.45, 7) is 3.21. The van der Waals surface area contributed by atoms with Gasteiger partial charge >= 0.3 is 0 Å². The van der Waals surface area contributed by atoms with E-state index in [0.29, 0.717) is 0 Å². The van der Waals surface area contributed by atoms with Crippen LogP contribution in [-0.2, 0) is 6.54 Å². The predicted molar refractivity (Wildman–Crippen MR) is 62.2 cm³/mol. The van der Waals surface area contributed by atoms with E-state index in [1.807, 2.05) is 18.2 Å². The van der Waals surface area contributed by atoms with Gasteiger partial charge in [-0.1, -0.05) is 25.5 Å². The molecule has 0 bridgehead atoms. The predicted octanol–water partition coefficient (Wildman–Crippen LogP) is 3.25. The highest BCUT2D eigenvalue weighted by Gasteiger charge is 2.01. The van der Waals surface area contributed by atoms with Crippen molar-refractivity contribution in [1.82, 2.24) is 4.57 Å². The Labute approximate surface area is 89.5 Å². The van der Waals surface area contributed by atoms with Gasteiger partial charge in [-0.2, -0.15) is 0 Å². The summed E-state index contributed by atoms with van der Waals surface area (Å²) in [5, 5.41) is 1.21. The average Bonchev–Trinajstić information content (AvgIpc) is 2.68. The Balaban J connectivity index is 2.42. The number of nitrogens with zero attached hydrogens (tertiary/aromatic N) is 1. The second-order valence-corrected chi connectivity index (χ2v) is 3.80. The van der Waals surface area contributed by atoms with Gasteiger partial charge < -0.3 is 4.57 Å². The standard InChI is InChI=1S/C13H15NO/c1-2-3-7-14-8-6-12-5-4-11(10-15)9-13(12)14/h4-6,8-10H,2-3,7H2,1H3. The van der Waals surface area contributed by atoms with Gasteiger partial charge in [-0.05, 0) is 23.9 Å². The first-order valence-electron chi connectivity index (χ1n) is 5.39. The van der Waals surface area contributed by atoms with Crippen molar-refractivity contribution in [2.75, 3.05) is 0 Å². The Kier molecular flexibility index (Phi) is 2.86. The van der Waals surface area contributed by atoms with E-state index in [1.54, 1.807) is 0 Å². The van der Waals surface area contributed by atoms with Crippen LogP contribution in [0.15, 0.2) is 30.5 Å². The summed E-state index contributed by atoms with van der Waals surface area (Å²) >= 11 is 0.